The van der Waals surface area contributed by atoms with Gasteiger partial charge in [-0.05, 0) is 26.0 Å². The number of hydrogen-bond donors (Lipinski definition) is 1. The zero-order valence-corrected chi connectivity index (χ0v) is 17.9. The number of methoxy groups -OCH3 is 1. The van der Waals surface area contributed by atoms with E-state index in [9.17, 15) is 9.59 Å². The van der Waals surface area contributed by atoms with E-state index in [0.29, 0.717) is 33.6 Å². The van der Waals surface area contributed by atoms with Gasteiger partial charge in [0.2, 0.25) is 0 Å². The average molecular weight is 429 g/mol. The number of benzene rings is 1. The van der Waals surface area contributed by atoms with Crippen LogP contribution >= 0.6 is 23.1 Å². The number of allylic oxidation sites excluding steroid dienone is 1. The van der Waals surface area contributed by atoms with Crippen molar-refractivity contribution in [1.29, 1.82) is 0 Å². The van der Waals surface area contributed by atoms with Crippen LogP contribution in [-0.4, -0.2) is 29.8 Å². The third-order valence-corrected chi connectivity index (χ3v) is 7.24. The number of ether oxygens (including phenoxy) is 1. The predicted molar refractivity (Wildman–Crippen MR) is 118 cm³/mol. The summed E-state index contributed by atoms with van der Waals surface area (Å²) in [6, 6.07) is 5.89. The van der Waals surface area contributed by atoms with E-state index < -0.39 is 0 Å². The lowest BCUT2D eigenvalue weighted by atomic mass is 10.2. The molecule has 2 aliphatic heterocycles. The smallest absolute Gasteiger partial charge is 0.276 e. The molecule has 0 bridgehead atoms. The van der Waals surface area contributed by atoms with Crippen molar-refractivity contribution in [1.82, 2.24) is 9.99 Å². The van der Waals surface area contributed by atoms with Crippen LogP contribution in [0.4, 0.5) is 5.69 Å². The van der Waals surface area contributed by atoms with E-state index in [1.807, 2.05) is 25.1 Å². The molecule has 0 spiro atoms. The van der Waals surface area contributed by atoms with Crippen LogP contribution in [0.5, 0.6) is 5.75 Å². The van der Waals surface area contributed by atoms with Gasteiger partial charge < -0.3 is 9.64 Å². The van der Waals surface area contributed by atoms with Crippen LogP contribution in [0.1, 0.15) is 13.8 Å². The van der Waals surface area contributed by atoms with E-state index in [1.54, 1.807) is 36.4 Å². The second-order valence-electron chi connectivity index (χ2n) is 6.44. The summed E-state index contributed by atoms with van der Waals surface area (Å²) in [4.78, 5) is 28.8. The minimum atomic E-state index is -0.294. The first-order valence-electron chi connectivity index (χ1n) is 9.07. The zero-order valence-electron chi connectivity index (χ0n) is 16.3. The monoisotopic (exact) mass is 428 g/mol. The number of aromatic nitrogens is 1. The fraction of sp³-hybridized carbons (Fsp3) is 0.250. The first-order chi connectivity index (χ1) is 14.0. The van der Waals surface area contributed by atoms with Crippen molar-refractivity contribution in [3.8, 4) is 5.75 Å². The molecule has 3 heterocycles. The van der Waals surface area contributed by atoms with Gasteiger partial charge in [0.05, 0.1) is 24.1 Å². The molecule has 0 saturated heterocycles. The van der Waals surface area contributed by atoms with Crippen LogP contribution in [0.2, 0.25) is 0 Å². The van der Waals surface area contributed by atoms with Crippen molar-refractivity contribution >= 4 is 51.0 Å². The average Bonchev–Trinajstić information content (AvgIpc) is 3.35. The van der Waals surface area contributed by atoms with Crippen molar-refractivity contribution in [2.24, 2.45) is 5.10 Å². The van der Waals surface area contributed by atoms with Gasteiger partial charge in [-0.25, -0.2) is 5.43 Å². The first kappa shape index (κ1) is 19.5. The van der Waals surface area contributed by atoms with E-state index in [0.717, 1.165) is 21.4 Å². The van der Waals surface area contributed by atoms with Crippen LogP contribution in [0.25, 0.3) is 10.6 Å². The number of amides is 1. The Morgan fingerprint density at radius 1 is 1.34 bits per heavy atom. The number of fused-ring (bicyclic) bond motifs is 1. The summed E-state index contributed by atoms with van der Waals surface area (Å²) in [5.74, 6) is 0.475. The number of nitrogens with one attached hydrogen (secondary N) is 1. The van der Waals surface area contributed by atoms with Gasteiger partial charge in [-0.2, -0.15) is 5.10 Å². The molecular weight excluding hydrogens is 408 g/mol. The van der Waals surface area contributed by atoms with Crippen molar-refractivity contribution in [2.75, 3.05) is 18.6 Å². The van der Waals surface area contributed by atoms with Gasteiger partial charge >= 0.3 is 0 Å². The number of carbonyl (C=O) groups excluding carboxylic acids is 1. The highest BCUT2D eigenvalue weighted by Crippen LogP contribution is 2.47. The molecule has 0 atom stereocenters. The maximum atomic E-state index is 13.3. The number of hydrazone groups is 1. The molecule has 4 rings (SSSR count). The largest absolute Gasteiger partial charge is 0.497 e. The van der Waals surface area contributed by atoms with Gasteiger partial charge in [-0.15, -0.1) is 17.9 Å². The van der Waals surface area contributed by atoms with Crippen molar-refractivity contribution in [3.63, 3.8) is 0 Å². The Morgan fingerprint density at radius 2 is 2.14 bits per heavy atom. The van der Waals surface area contributed by atoms with Gasteiger partial charge in [0, 0.05) is 24.1 Å². The maximum absolute atomic E-state index is 13.3. The Kier molecular flexibility index (Phi) is 5.10. The molecule has 0 radical (unpaired) electrons. The van der Waals surface area contributed by atoms with E-state index >= 15 is 0 Å². The Labute approximate surface area is 175 Å². The number of anilines is 1. The van der Waals surface area contributed by atoms with Gasteiger partial charge in [0.1, 0.15) is 20.0 Å². The van der Waals surface area contributed by atoms with Crippen molar-refractivity contribution < 1.29 is 9.53 Å². The lowest BCUT2D eigenvalue weighted by Crippen LogP contribution is -2.35. The third kappa shape index (κ3) is 3.10. The number of rotatable bonds is 4. The second-order valence-corrected chi connectivity index (χ2v) is 8.47. The minimum Gasteiger partial charge on any atom is -0.497 e. The van der Waals surface area contributed by atoms with Gasteiger partial charge in [0.25, 0.3) is 11.5 Å². The third-order valence-electron chi connectivity index (χ3n) is 4.74. The topological polar surface area (TPSA) is 75.9 Å². The molecule has 2 aromatic rings. The summed E-state index contributed by atoms with van der Waals surface area (Å²) >= 11 is 2.88. The molecule has 1 aromatic heterocycles. The summed E-state index contributed by atoms with van der Waals surface area (Å²) in [7, 11) is 1.64. The molecule has 9 heteroatoms. The second kappa shape index (κ2) is 7.57. The van der Waals surface area contributed by atoms with Crippen LogP contribution in [0, 0.1) is 0 Å². The van der Waals surface area contributed by atoms with Crippen LogP contribution in [0.3, 0.4) is 0 Å². The molecule has 1 aromatic carbocycles. The molecule has 1 amide bonds. The molecular formula is C20H20N4O3S2. The summed E-state index contributed by atoms with van der Waals surface area (Å²) in [5, 5.41) is 4.87. The lowest BCUT2D eigenvalue weighted by Gasteiger charge is -2.17. The Bertz CT molecular complexity index is 1240. The first-order valence-corrected chi connectivity index (χ1v) is 10.7. The van der Waals surface area contributed by atoms with Crippen LogP contribution in [-0.2, 0) is 11.3 Å². The summed E-state index contributed by atoms with van der Waals surface area (Å²) in [6.45, 7) is 8.58. The number of thiazole rings is 1. The fourth-order valence-corrected chi connectivity index (χ4v) is 5.95. The van der Waals surface area contributed by atoms with E-state index in [4.69, 9.17) is 4.74 Å². The SMILES string of the molecule is C=CCn1c(=O)/c(=C2/Sc3ccc(OC)cc3N2CC)s/c1=C1/C(=O)NN=C1C. The number of carbonyl (C=O) groups is 1. The Balaban J connectivity index is 2.02. The summed E-state index contributed by atoms with van der Waals surface area (Å²) in [5.41, 5.74) is 4.36. The fourth-order valence-electron chi connectivity index (χ4n) is 3.36. The quantitative estimate of drug-likeness (QED) is 0.747. The van der Waals surface area contributed by atoms with E-state index in [2.05, 4.69) is 22.0 Å². The van der Waals surface area contributed by atoms with E-state index in [-0.39, 0.29) is 11.5 Å². The molecule has 0 saturated carbocycles. The molecule has 0 unspecified atom stereocenters. The minimum absolute atomic E-state index is 0.134. The normalized spacial score (nSPS) is 19.2. The predicted octanol–water partition coefficient (Wildman–Crippen LogP) is 1.46. The highest BCUT2D eigenvalue weighted by molar-refractivity contribution is 8.08. The molecule has 150 valence electrons. The summed E-state index contributed by atoms with van der Waals surface area (Å²) in [6.07, 6.45) is 1.66. The van der Waals surface area contributed by atoms with Gasteiger partial charge in [0.15, 0.2) is 0 Å². The van der Waals surface area contributed by atoms with Gasteiger partial charge in [-0.3, -0.25) is 14.2 Å². The van der Waals surface area contributed by atoms with Crippen LogP contribution < -0.4 is 29.8 Å². The number of nitrogens with zero attached hydrogens (tertiary/aromatic N) is 3. The molecule has 7 nitrogen and oxygen atoms in total. The standard InChI is InChI=1S/C20H20N4O3S2/c1-5-9-24-18(26)16(29-19(24)15-11(3)21-22-17(15)25)20-23(6-2)13-10-12(27-4)7-8-14(13)28-20/h5,7-8,10H,1,6,9H2,2-4H3,(H,22,25)/b19-15+,20-16-. The molecule has 29 heavy (non-hydrogen) atoms. The Morgan fingerprint density at radius 3 is 2.76 bits per heavy atom. The van der Waals surface area contributed by atoms with Crippen molar-refractivity contribution in [2.45, 2.75) is 25.3 Å². The number of hydrogen-bond acceptors (Lipinski definition) is 7. The molecule has 1 N–H and O–H groups in total. The highest BCUT2D eigenvalue weighted by atomic mass is 32.2. The van der Waals surface area contributed by atoms with Crippen LogP contribution in [0.15, 0.2) is 45.6 Å². The highest BCUT2D eigenvalue weighted by Gasteiger charge is 2.28. The molecule has 2 aliphatic rings. The molecule has 0 aliphatic carbocycles. The number of thioether (sulfide) groups is 1. The zero-order chi connectivity index (χ0) is 20.7. The van der Waals surface area contributed by atoms with Crippen molar-refractivity contribution in [3.05, 3.63) is 50.4 Å². The lowest BCUT2D eigenvalue weighted by molar-refractivity contribution is -0.115. The Hall–Kier alpha value is -2.78. The summed E-state index contributed by atoms with van der Waals surface area (Å²) < 4.78 is 8.15. The van der Waals surface area contributed by atoms with E-state index in [1.165, 1.54) is 11.3 Å². The van der Waals surface area contributed by atoms with Gasteiger partial charge in [-0.1, -0.05) is 17.8 Å². The molecule has 0 fully saturated rings. The maximum Gasteiger partial charge on any atom is 0.276 e.